The first-order valence-electron chi connectivity index (χ1n) is 6.42. The van der Waals surface area contributed by atoms with Crippen LogP contribution in [0.2, 0.25) is 0 Å². The highest BCUT2D eigenvalue weighted by atomic mass is 79.9. The predicted molar refractivity (Wildman–Crippen MR) is 73.9 cm³/mol. The molecule has 96 valence electrons. The second-order valence-electron chi connectivity index (χ2n) is 5.49. The van der Waals surface area contributed by atoms with Gasteiger partial charge in [-0.05, 0) is 59.5 Å². The van der Waals surface area contributed by atoms with E-state index < -0.39 is 0 Å². The summed E-state index contributed by atoms with van der Waals surface area (Å²) >= 11 is 3.69. The van der Waals surface area contributed by atoms with Crippen LogP contribution in [0.15, 0.2) is 4.47 Å². The molecule has 1 aromatic heterocycles. The van der Waals surface area contributed by atoms with Crippen molar-refractivity contribution in [3.63, 3.8) is 0 Å². The third-order valence-electron chi connectivity index (χ3n) is 4.10. The van der Waals surface area contributed by atoms with E-state index in [0.717, 1.165) is 31.0 Å². The van der Waals surface area contributed by atoms with Crippen molar-refractivity contribution in [1.82, 2.24) is 9.78 Å². The first-order chi connectivity index (χ1) is 8.01. The van der Waals surface area contributed by atoms with Crippen molar-refractivity contribution in [2.75, 3.05) is 6.54 Å². The average Bonchev–Trinajstić information content (AvgIpc) is 3.12. The normalized spacial score (nSPS) is 19.4. The molecular weight excluding hydrogens is 278 g/mol. The van der Waals surface area contributed by atoms with Gasteiger partial charge in [0.2, 0.25) is 0 Å². The molecule has 0 saturated heterocycles. The van der Waals surface area contributed by atoms with E-state index >= 15 is 0 Å². The van der Waals surface area contributed by atoms with E-state index in [-0.39, 0.29) is 5.41 Å². The summed E-state index contributed by atoms with van der Waals surface area (Å²) in [5, 5.41) is 4.56. The fourth-order valence-corrected chi connectivity index (χ4v) is 3.31. The molecule has 1 atom stereocenters. The van der Waals surface area contributed by atoms with Crippen LogP contribution in [0, 0.1) is 11.3 Å². The molecule has 0 amide bonds. The van der Waals surface area contributed by atoms with Gasteiger partial charge in [-0.2, -0.15) is 5.10 Å². The van der Waals surface area contributed by atoms with Gasteiger partial charge in [-0.25, -0.2) is 0 Å². The Labute approximate surface area is 112 Å². The van der Waals surface area contributed by atoms with Crippen molar-refractivity contribution in [2.45, 2.75) is 39.5 Å². The van der Waals surface area contributed by atoms with E-state index in [1.54, 1.807) is 0 Å². The number of halogens is 1. The summed E-state index contributed by atoms with van der Waals surface area (Å²) in [7, 11) is 2.03. The monoisotopic (exact) mass is 299 g/mol. The summed E-state index contributed by atoms with van der Waals surface area (Å²) in [5.41, 5.74) is 8.67. The lowest BCUT2D eigenvalue weighted by molar-refractivity contribution is 0.275. The summed E-state index contributed by atoms with van der Waals surface area (Å²) < 4.78 is 3.20. The van der Waals surface area contributed by atoms with Crippen molar-refractivity contribution in [3.8, 4) is 0 Å². The van der Waals surface area contributed by atoms with Crippen LogP contribution in [0.5, 0.6) is 0 Å². The number of hydrogen-bond acceptors (Lipinski definition) is 2. The summed E-state index contributed by atoms with van der Waals surface area (Å²) in [6.45, 7) is 5.21. The highest BCUT2D eigenvalue weighted by molar-refractivity contribution is 9.10. The Bertz CT molecular complexity index is 409. The molecule has 17 heavy (non-hydrogen) atoms. The van der Waals surface area contributed by atoms with Crippen LogP contribution in [-0.4, -0.2) is 16.3 Å². The molecule has 3 nitrogen and oxygen atoms in total. The Morgan fingerprint density at radius 1 is 1.53 bits per heavy atom. The van der Waals surface area contributed by atoms with Gasteiger partial charge in [-0.3, -0.25) is 4.68 Å². The number of aromatic nitrogens is 2. The molecular formula is C13H22BrN3. The Kier molecular flexibility index (Phi) is 3.64. The first-order valence-corrected chi connectivity index (χ1v) is 7.21. The maximum absolute atomic E-state index is 5.99. The van der Waals surface area contributed by atoms with Gasteiger partial charge in [0.25, 0.3) is 0 Å². The standard InChI is InChI=1S/C13H22BrN3/c1-4-10-12(14)11(17(3)16-10)7-13(2,8-15)9-5-6-9/h9H,4-8,15H2,1-3H3. The van der Waals surface area contributed by atoms with Crippen molar-refractivity contribution >= 4 is 15.9 Å². The second-order valence-corrected chi connectivity index (χ2v) is 6.29. The molecule has 0 spiro atoms. The minimum absolute atomic E-state index is 0.237. The van der Waals surface area contributed by atoms with Crippen LogP contribution in [0.1, 0.15) is 38.1 Å². The molecule has 1 saturated carbocycles. The maximum Gasteiger partial charge on any atom is 0.0766 e. The lowest BCUT2D eigenvalue weighted by Crippen LogP contribution is -2.32. The minimum Gasteiger partial charge on any atom is -0.330 e. The van der Waals surface area contributed by atoms with Crippen LogP contribution in [0.25, 0.3) is 0 Å². The molecule has 4 heteroatoms. The lowest BCUT2D eigenvalue weighted by Gasteiger charge is -2.28. The predicted octanol–water partition coefficient (Wildman–Crippen LogP) is 2.66. The van der Waals surface area contributed by atoms with Crippen molar-refractivity contribution in [3.05, 3.63) is 15.9 Å². The molecule has 0 bridgehead atoms. The van der Waals surface area contributed by atoms with Crippen LogP contribution in [0.4, 0.5) is 0 Å². The summed E-state index contributed by atoms with van der Waals surface area (Å²) in [4.78, 5) is 0. The Morgan fingerprint density at radius 2 is 2.18 bits per heavy atom. The molecule has 1 aromatic rings. The van der Waals surface area contributed by atoms with E-state index in [1.807, 2.05) is 11.7 Å². The smallest absolute Gasteiger partial charge is 0.0766 e. The average molecular weight is 300 g/mol. The van der Waals surface area contributed by atoms with Gasteiger partial charge < -0.3 is 5.73 Å². The van der Waals surface area contributed by atoms with Crippen LogP contribution >= 0.6 is 15.9 Å². The van der Waals surface area contributed by atoms with E-state index in [2.05, 4.69) is 34.9 Å². The highest BCUT2D eigenvalue weighted by Gasteiger charge is 2.41. The second kappa shape index (κ2) is 4.73. The molecule has 1 heterocycles. The van der Waals surface area contributed by atoms with Crippen LogP contribution in [-0.2, 0) is 19.9 Å². The quantitative estimate of drug-likeness (QED) is 0.908. The van der Waals surface area contributed by atoms with Gasteiger partial charge in [0.1, 0.15) is 0 Å². The van der Waals surface area contributed by atoms with Gasteiger partial charge in [-0.1, -0.05) is 13.8 Å². The summed E-state index contributed by atoms with van der Waals surface area (Å²) in [6.07, 6.45) is 4.67. The van der Waals surface area contributed by atoms with Crippen molar-refractivity contribution in [1.29, 1.82) is 0 Å². The van der Waals surface area contributed by atoms with Gasteiger partial charge >= 0.3 is 0 Å². The van der Waals surface area contributed by atoms with E-state index in [1.165, 1.54) is 23.0 Å². The fraction of sp³-hybridized carbons (Fsp3) is 0.769. The summed E-state index contributed by atoms with van der Waals surface area (Å²) in [6, 6.07) is 0. The Morgan fingerprint density at radius 3 is 2.59 bits per heavy atom. The third kappa shape index (κ3) is 2.43. The summed E-state index contributed by atoms with van der Waals surface area (Å²) in [5.74, 6) is 0.805. The Hall–Kier alpha value is -0.350. The van der Waals surface area contributed by atoms with E-state index in [9.17, 15) is 0 Å². The molecule has 2 N–H and O–H groups in total. The minimum atomic E-state index is 0.237. The molecule has 0 aromatic carbocycles. The van der Waals surface area contributed by atoms with Crippen LogP contribution in [0.3, 0.4) is 0 Å². The number of aryl methyl sites for hydroxylation is 2. The molecule has 1 aliphatic rings. The first kappa shape index (κ1) is 13.1. The largest absolute Gasteiger partial charge is 0.330 e. The van der Waals surface area contributed by atoms with Crippen molar-refractivity contribution in [2.24, 2.45) is 24.1 Å². The molecule has 1 fully saturated rings. The van der Waals surface area contributed by atoms with Gasteiger partial charge in [0.05, 0.1) is 15.9 Å². The zero-order valence-corrected chi connectivity index (χ0v) is 12.5. The molecule has 2 rings (SSSR count). The van der Waals surface area contributed by atoms with E-state index in [4.69, 9.17) is 5.73 Å². The highest BCUT2D eigenvalue weighted by Crippen LogP contribution is 2.47. The molecule has 1 aliphatic carbocycles. The SMILES string of the molecule is CCc1nn(C)c(CC(C)(CN)C2CC2)c1Br. The molecule has 0 aliphatic heterocycles. The topological polar surface area (TPSA) is 43.8 Å². The lowest BCUT2D eigenvalue weighted by atomic mass is 9.80. The van der Waals surface area contributed by atoms with E-state index in [0.29, 0.717) is 0 Å². The van der Waals surface area contributed by atoms with Crippen molar-refractivity contribution < 1.29 is 0 Å². The fourth-order valence-electron chi connectivity index (χ4n) is 2.56. The maximum atomic E-state index is 5.99. The number of nitrogens with zero attached hydrogens (tertiary/aromatic N) is 2. The van der Waals surface area contributed by atoms with Gasteiger partial charge in [-0.15, -0.1) is 0 Å². The molecule has 1 unspecified atom stereocenters. The third-order valence-corrected chi connectivity index (χ3v) is 5.02. The number of nitrogens with two attached hydrogens (primary N) is 1. The van der Waals surface area contributed by atoms with Crippen LogP contribution < -0.4 is 5.73 Å². The Balaban J connectivity index is 2.25. The van der Waals surface area contributed by atoms with Gasteiger partial charge in [0.15, 0.2) is 0 Å². The number of hydrogen-bond donors (Lipinski definition) is 1. The molecule has 0 radical (unpaired) electrons. The zero-order chi connectivity index (χ0) is 12.6. The number of rotatable bonds is 5. The zero-order valence-electron chi connectivity index (χ0n) is 11.0. The van der Waals surface area contributed by atoms with Gasteiger partial charge in [0, 0.05) is 7.05 Å².